The van der Waals surface area contributed by atoms with Gasteiger partial charge in [-0.05, 0) is 30.3 Å². The summed E-state index contributed by atoms with van der Waals surface area (Å²) in [7, 11) is 0. The number of benzene rings is 2. The minimum absolute atomic E-state index is 0.528. The van der Waals surface area contributed by atoms with Gasteiger partial charge in [0.2, 0.25) is 5.95 Å². The minimum atomic E-state index is 0.528. The van der Waals surface area contributed by atoms with Crippen LogP contribution in [0.2, 0.25) is 0 Å². The number of para-hydroxylation sites is 1. The Labute approximate surface area is 138 Å². The molecule has 0 aliphatic heterocycles. The number of nitrogens with zero attached hydrogens (tertiary/aromatic N) is 3. The summed E-state index contributed by atoms with van der Waals surface area (Å²) in [6.07, 6.45) is 0.841. The van der Waals surface area contributed by atoms with E-state index < -0.39 is 0 Å². The van der Waals surface area contributed by atoms with Crippen molar-refractivity contribution in [3.8, 4) is 11.3 Å². The van der Waals surface area contributed by atoms with Crippen LogP contribution in [-0.2, 0) is 0 Å². The fraction of sp³-hybridized carbons (Fsp3) is 0. The van der Waals surface area contributed by atoms with E-state index in [1.807, 2.05) is 66.7 Å². The predicted octanol–water partition coefficient (Wildman–Crippen LogP) is 3.95. The Hall–Kier alpha value is -3.47. The maximum atomic E-state index is 11.0. The Morgan fingerprint density at radius 2 is 1.75 bits per heavy atom. The van der Waals surface area contributed by atoms with E-state index in [9.17, 15) is 4.79 Å². The summed E-state index contributed by atoms with van der Waals surface area (Å²) in [5.41, 5.74) is 4.10. The molecular weight excluding hydrogens is 300 g/mol. The molecule has 1 N–H and O–H groups in total. The lowest BCUT2D eigenvalue weighted by Crippen LogP contribution is -1.96. The molecule has 0 atom stereocenters. The lowest BCUT2D eigenvalue weighted by Gasteiger charge is -2.04. The van der Waals surface area contributed by atoms with Crippen LogP contribution in [0.1, 0.15) is 10.4 Å². The number of anilines is 2. The molecule has 24 heavy (non-hydrogen) atoms. The standard InChI is InChI=1S/C19H14N4O/c24-13-14-6-4-7-15(12-14)17-10-5-11-18-21-19(22-23(17)18)20-16-8-2-1-3-9-16/h1-13H,(H,20,22). The third-order valence-electron chi connectivity index (χ3n) is 3.71. The number of fused-ring (bicyclic) bond motifs is 1. The molecular formula is C19H14N4O. The zero-order chi connectivity index (χ0) is 16.4. The number of carbonyl (C=O) groups is 1. The van der Waals surface area contributed by atoms with Crippen molar-refractivity contribution in [1.29, 1.82) is 0 Å². The van der Waals surface area contributed by atoms with E-state index in [1.165, 1.54) is 0 Å². The molecule has 0 fully saturated rings. The molecule has 0 aliphatic carbocycles. The Morgan fingerprint density at radius 1 is 0.917 bits per heavy atom. The van der Waals surface area contributed by atoms with E-state index in [4.69, 9.17) is 0 Å². The highest BCUT2D eigenvalue weighted by atomic mass is 16.1. The molecule has 2 heterocycles. The first kappa shape index (κ1) is 14.1. The van der Waals surface area contributed by atoms with Crippen LogP contribution in [0.4, 0.5) is 11.6 Å². The van der Waals surface area contributed by atoms with E-state index in [0.717, 1.165) is 28.9 Å². The van der Waals surface area contributed by atoms with Gasteiger partial charge in [0.25, 0.3) is 0 Å². The first-order valence-corrected chi connectivity index (χ1v) is 7.57. The van der Waals surface area contributed by atoms with Crippen LogP contribution in [0.3, 0.4) is 0 Å². The van der Waals surface area contributed by atoms with Gasteiger partial charge in [0, 0.05) is 16.8 Å². The van der Waals surface area contributed by atoms with E-state index in [2.05, 4.69) is 15.4 Å². The van der Waals surface area contributed by atoms with Gasteiger partial charge in [0.05, 0.1) is 5.69 Å². The van der Waals surface area contributed by atoms with Crippen LogP contribution in [0.15, 0.2) is 72.8 Å². The van der Waals surface area contributed by atoms with E-state index in [0.29, 0.717) is 11.5 Å². The molecule has 0 aliphatic rings. The van der Waals surface area contributed by atoms with Gasteiger partial charge in [-0.25, -0.2) is 4.52 Å². The molecule has 0 radical (unpaired) electrons. The molecule has 0 unspecified atom stereocenters. The number of hydrogen-bond acceptors (Lipinski definition) is 4. The molecule has 4 rings (SSSR count). The lowest BCUT2D eigenvalue weighted by atomic mass is 10.1. The van der Waals surface area contributed by atoms with Crippen molar-refractivity contribution in [2.45, 2.75) is 0 Å². The number of aromatic nitrogens is 3. The van der Waals surface area contributed by atoms with Crippen LogP contribution >= 0.6 is 0 Å². The number of nitrogens with one attached hydrogen (secondary N) is 1. The van der Waals surface area contributed by atoms with E-state index in [1.54, 1.807) is 10.6 Å². The molecule has 0 spiro atoms. The summed E-state index contributed by atoms with van der Waals surface area (Å²) in [5.74, 6) is 0.528. The summed E-state index contributed by atoms with van der Waals surface area (Å²) in [6.45, 7) is 0. The first-order chi connectivity index (χ1) is 11.8. The van der Waals surface area contributed by atoms with Crippen LogP contribution in [0, 0.1) is 0 Å². The predicted molar refractivity (Wildman–Crippen MR) is 93.5 cm³/mol. The third kappa shape index (κ3) is 2.63. The van der Waals surface area contributed by atoms with Gasteiger partial charge in [0.15, 0.2) is 5.65 Å². The lowest BCUT2D eigenvalue weighted by molar-refractivity contribution is 0.112. The monoisotopic (exact) mass is 314 g/mol. The largest absolute Gasteiger partial charge is 0.323 e. The molecule has 116 valence electrons. The quantitative estimate of drug-likeness (QED) is 0.579. The van der Waals surface area contributed by atoms with Crippen LogP contribution in [-0.4, -0.2) is 20.9 Å². The number of rotatable bonds is 4. The minimum Gasteiger partial charge on any atom is -0.323 e. The maximum Gasteiger partial charge on any atom is 0.247 e. The van der Waals surface area contributed by atoms with Gasteiger partial charge in [-0.3, -0.25) is 4.79 Å². The van der Waals surface area contributed by atoms with Crippen molar-refractivity contribution >= 4 is 23.6 Å². The molecule has 5 heteroatoms. The molecule has 4 aromatic rings. The summed E-state index contributed by atoms with van der Waals surface area (Å²) in [6, 6.07) is 23.0. The summed E-state index contributed by atoms with van der Waals surface area (Å²) >= 11 is 0. The Morgan fingerprint density at radius 3 is 2.58 bits per heavy atom. The van der Waals surface area contributed by atoms with Crippen molar-refractivity contribution in [3.05, 3.63) is 78.4 Å². The first-order valence-electron chi connectivity index (χ1n) is 7.57. The number of carbonyl (C=O) groups excluding carboxylic acids is 1. The SMILES string of the molecule is O=Cc1cccc(-c2cccc3nc(Nc4ccccc4)nn23)c1. The highest BCUT2D eigenvalue weighted by Crippen LogP contribution is 2.22. The molecule has 2 aromatic heterocycles. The summed E-state index contributed by atoms with van der Waals surface area (Å²) in [5, 5.41) is 7.74. The molecule has 0 saturated heterocycles. The third-order valence-corrected chi connectivity index (χ3v) is 3.71. The Kier molecular flexibility index (Phi) is 3.51. The van der Waals surface area contributed by atoms with Crippen molar-refractivity contribution in [2.75, 3.05) is 5.32 Å². The zero-order valence-electron chi connectivity index (χ0n) is 12.8. The van der Waals surface area contributed by atoms with Gasteiger partial charge in [0.1, 0.15) is 6.29 Å². The smallest absolute Gasteiger partial charge is 0.247 e. The molecule has 0 bridgehead atoms. The molecule has 5 nitrogen and oxygen atoms in total. The Bertz CT molecular complexity index is 1010. The van der Waals surface area contributed by atoms with Crippen LogP contribution < -0.4 is 5.32 Å². The zero-order valence-corrected chi connectivity index (χ0v) is 12.8. The molecule has 0 amide bonds. The molecule has 0 saturated carbocycles. The second kappa shape index (κ2) is 5.96. The van der Waals surface area contributed by atoms with Crippen molar-refractivity contribution in [1.82, 2.24) is 14.6 Å². The highest BCUT2D eigenvalue weighted by molar-refractivity contribution is 5.78. The number of hydrogen-bond donors (Lipinski definition) is 1. The van der Waals surface area contributed by atoms with Crippen LogP contribution in [0.25, 0.3) is 16.9 Å². The fourth-order valence-electron chi connectivity index (χ4n) is 2.60. The summed E-state index contributed by atoms with van der Waals surface area (Å²) in [4.78, 5) is 15.5. The average Bonchev–Trinajstić information content (AvgIpc) is 3.05. The van der Waals surface area contributed by atoms with Gasteiger partial charge in [-0.2, -0.15) is 4.98 Å². The van der Waals surface area contributed by atoms with Crippen molar-refractivity contribution in [2.24, 2.45) is 0 Å². The number of aldehydes is 1. The van der Waals surface area contributed by atoms with Gasteiger partial charge in [-0.1, -0.05) is 42.5 Å². The fourth-order valence-corrected chi connectivity index (χ4v) is 2.60. The van der Waals surface area contributed by atoms with E-state index >= 15 is 0 Å². The van der Waals surface area contributed by atoms with Crippen LogP contribution in [0.5, 0.6) is 0 Å². The van der Waals surface area contributed by atoms with Crippen molar-refractivity contribution in [3.63, 3.8) is 0 Å². The second-order valence-electron chi connectivity index (χ2n) is 5.35. The number of pyridine rings is 1. The summed E-state index contributed by atoms with van der Waals surface area (Å²) < 4.78 is 1.77. The highest BCUT2D eigenvalue weighted by Gasteiger charge is 2.09. The normalized spacial score (nSPS) is 10.7. The molecule has 2 aromatic carbocycles. The van der Waals surface area contributed by atoms with Gasteiger partial charge < -0.3 is 5.32 Å². The second-order valence-corrected chi connectivity index (χ2v) is 5.35. The van der Waals surface area contributed by atoms with Gasteiger partial charge >= 0.3 is 0 Å². The average molecular weight is 314 g/mol. The topological polar surface area (TPSA) is 59.3 Å². The van der Waals surface area contributed by atoms with E-state index in [-0.39, 0.29) is 0 Å². The van der Waals surface area contributed by atoms with Crippen molar-refractivity contribution < 1.29 is 4.79 Å². The maximum absolute atomic E-state index is 11.0. The van der Waals surface area contributed by atoms with Gasteiger partial charge in [-0.15, -0.1) is 5.10 Å². The Balaban J connectivity index is 1.78.